The second kappa shape index (κ2) is 4.59. The first-order chi connectivity index (χ1) is 8.08. The average Bonchev–Trinajstić information content (AvgIpc) is 3.13. The maximum absolute atomic E-state index is 11.0. The maximum Gasteiger partial charge on any atom is 0.109 e. The van der Waals surface area contributed by atoms with Gasteiger partial charge in [-0.15, -0.1) is 0 Å². The Bertz CT molecular complexity index is 321. The minimum atomic E-state index is -0.925. The second-order valence-electron chi connectivity index (χ2n) is 6.03. The monoisotopic (exact) mass is 237 g/mol. The van der Waals surface area contributed by atoms with E-state index in [0.717, 1.165) is 32.1 Å². The van der Waals surface area contributed by atoms with Gasteiger partial charge in [0.05, 0.1) is 18.1 Å². The van der Waals surface area contributed by atoms with Crippen LogP contribution in [-0.4, -0.2) is 24.4 Å². The number of aliphatic hydroxyl groups is 1. The molecule has 1 N–H and O–H groups in total. The number of methoxy groups -OCH3 is 1. The molecular weight excluding hydrogens is 214 g/mol. The van der Waals surface area contributed by atoms with Crippen molar-refractivity contribution in [3.8, 4) is 6.07 Å². The Kier molecular flexibility index (Phi) is 3.47. The van der Waals surface area contributed by atoms with E-state index >= 15 is 0 Å². The van der Waals surface area contributed by atoms with Gasteiger partial charge in [0.2, 0.25) is 0 Å². The van der Waals surface area contributed by atoms with Crippen molar-refractivity contribution in [3.63, 3.8) is 0 Å². The Morgan fingerprint density at radius 2 is 2.18 bits per heavy atom. The summed E-state index contributed by atoms with van der Waals surface area (Å²) < 4.78 is 5.22. The molecule has 3 heteroatoms. The molecule has 0 aliphatic heterocycles. The van der Waals surface area contributed by atoms with Crippen LogP contribution in [0.3, 0.4) is 0 Å². The summed E-state index contributed by atoms with van der Waals surface area (Å²) in [7, 11) is 1.62. The molecule has 2 rings (SSSR count). The van der Waals surface area contributed by atoms with Crippen molar-refractivity contribution in [2.24, 2.45) is 17.3 Å². The third-order valence-corrected chi connectivity index (χ3v) is 4.66. The molecule has 0 radical (unpaired) electrons. The smallest absolute Gasteiger partial charge is 0.109 e. The number of ether oxygens (including phenoxy) is 1. The lowest BCUT2D eigenvalue weighted by molar-refractivity contribution is -0.135. The molecular formula is C14H23NO2. The van der Waals surface area contributed by atoms with Crippen LogP contribution < -0.4 is 0 Å². The van der Waals surface area contributed by atoms with Crippen LogP contribution in [-0.2, 0) is 4.74 Å². The van der Waals surface area contributed by atoms with E-state index in [-0.39, 0.29) is 5.92 Å². The van der Waals surface area contributed by atoms with Crippen molar-refractivity contribution in [2.75, 3.05) is 13.7 Å². The van der Waals surface area contributed by atoms with E-state index in [1.165, 1.54) is 6.42 Å². The molecule has 2 aliphatic carbocycles. The highest BCUT2D eigenvalue weighted by molar-refractivity contribution is 5.17. The highest BCUT2D eigenvalue weighted by Crippen LogP contribution is 2.55. The van der Waals surface area contributed by atoms with Gasteiger partial charge in [0, 0.05) is 7.11 Å². The standard InChI is InChI=1S/C14H23NO2/c1-11-4-3-7-13(8-11,9-15)14(16,10-17-2)12-5-6-12/h11-12,16H,3-8,10H2,1-2H3. The van der Waals surface area contributed by atoms with Crippen molar-refractivity contribution >= 4 is 0 Å². The van der Waals surface area contributed by atoms with Crippen molar-refractivity contribution < 1.29 is 9.84 Å². The van der Waals surface area contributed by atoms with Crippen molar-refractivity contribution in [1.82, 2.24) is 0 Å². The van der Waals surface area contributed by atoms with Gasteiger partial charge in [-0.1, -0.05) is 19.8 Å². The molecule has 0 spiro atoms. The Hall–Kier alpha value is -0.590. The number of hydrogen-bond donors (Lipinski definition) is 1. The summed E-state index contributed by atoms with van der Waals surface area (Å²) >= 11 is 0. The molecule has 96 valence electrons. The van der Waals surface area contributed by atoms with Crippen LogP contribution in [0.1, 0.15) is 45.4 Å². The van der Waals surface area contributed by atoms with Crippen LogP contribution in [0, 0.1) is 28.6 Å². The van der Waals surface area contributed by atoms with Crippen molar-refractivity contribution in [2.45, 2.75) is 51.0 Å². The van der Waals surface area contributed by atoms with E-state index in [2.05, 4.69) is 13.0 Å². The predicted molar refractivity (Wildman–Crippen MR) is 65.2 cm³/mol. The van der Waals surface area contributed by atoms with E-state index in [9.17, 15) is 10.4 Å². The molecule has 0 amide bonds. The van der Waals surface area contributed by atoms with E-state index in [4.69, 9.17) is 4.74 Å². The molecule has 17 heavy (non-hydrogen) atoms. The molecule has 2 aliphatic rings. The fourth-order valence-corrected chi connectivity index (χ4v) is 3.57. The third-order valence-electron chi connectivity index (χ3n) is 4.66. The molecule has 0 bridgehead atoms. The largest absolute Gasteiger partial charge is 0.386 e. The highest BCUT2D eigenvalue weighted by Gasteiger charge is 2.59. The zero-order valence-electron chi connectivity index (χ0n) is 10.9. The van der Waals surface area contributed by atoms with Gasteiger partial charge in [0.15, 0.2) is 0 Å². The molecule has 0 aromatic carbocycles. The first-order valence-electron chi connectivity index (χ1n) is 6.70. The van der Waals surface area contributed by atoms with Gasteiger partial charge < -0.3 is 9.84 Å². The molecule has 3 unspecified atom stereocenters. The summed E-state index contributed by atoms with van der Waals surface area (Å²) in [6.45, 7) is 2.49. The number of nitrogens with zero attached hydrogens (tertiary/aromatic N) is 1. The lowest BCUT2D eigenvalue weighted by Gasteiger charge is -2.46. The summed E-state index contributed by atoms with van der Waals surface area (Å²) in [5.74, 6) is 0.804. The van der Waals surface area contributed by atoms with Gasteiger partial charge >= 0.3 is 0 Å². The van der Waals surface area contributed by atoms with Crippen LogP contribution in [0.15, 0.2) is 0 Å². The molecule has 0 aromatic heterocycles. The van der Waals surface area contributed by atoms with E-state index in [0.29, 0.717) is 12.5 Å². The minimum absolute atomic E-state index is 0.271. The van der Waals surface area contributed by atoms with Gasteiger partial charge in [-0.2, -0.15) is 5.26 Å². The average molecular weight is 237 g/mol. The van der Waals surface area contributed by atoms with Crippen LogP contribution in [0.4, 0.5) is 0 Å². The SMILES string of the molecule is COCC(O)(C1CC1)C1(C#N)CCCC(C)C1. The Morgan fingerprint density at radius 3 is 2.65 bits per heavy atom. The van der Waals surface area contributed by atoms with E-state index in [1.54, 1.807) is 7.11 Å². The molecule has 0 aromatic rings. The van der Waals surface area contributed by atoms with Gasteiger partial charge in [-0.3, -0.25) is 0 Å². The molecule has 2 saturated carbocycles. The third kappa shape index (κ3) is 2.09. The minimum Gasteiger partial charge on any atom is -0.386 e. The van der Waals surface area contributed by atoms with Crippen LogP contribution in [0.2, 0.25) is 0 Å². The summed E-state index contributed by atoms with van der Waals surface area (Å²) in [6.07, 6.45) is 5.95. The van der Waals surface area contributed by atoms with Crippen molar-refractivity contribution in [1.29, 1.82) is 5.26 Å². The lowest BCUT2D eigenvalue weighted by Crippen LogP contribution is -2.54. The van der Waals surface area contributed by atoms with Crippen molar-refractivity contribution in [3.05, 3.63) is 0 Å². The number of hydrogen-bond acceptors (Lipinski definition) is 3. The lowest BCUT2D eigenvalue weighted by atomic mass is 9.60. The van der Waals surface area contributed by atoms with Crippen LogP contribution in [0.5, 0.6) is 0 Å². The first kappa shape index (κ1) is 12.9. The Morgan fingerprint density at radius 1 is 1.47 bits per heavy atom. The first-order valence-corrected chi connectivity index (χ1v) is 6.70. The topological polar surface area (TPSA) is 53.2 Å². The summed E-state index contributed by atoms with van der Waals surface area (Å²) in [4.78, 5) is 0. The zero-order valence-corrected chi connectivity index (χ0v) is 10.9. The van der Waals surface area contributed by atoms with Crippen LogP contribution >= 0.6 is 0 Å². The van der Waals surface area contributed by atoms with E-state index < -0.39 is 11.0 Å². The Balaban J connectivity index is 2.27. The molecule has 3 nitrogen and oxygen atoms in total. The quantitative estimate of drug-likeness (QED) is 0.817. The van der Waals surface area contributed by atoms with Gasteiger partial charge in [0.25, 0.3) is 0 Å². The molecule has 3 atom stereocenters. The van der Waals surface area contributed by atoms with Gasteiger partial charge in [0.1, 0.15) is 5.60 Å². The highest BCUT2D eigenvalue weighted by atomic mass is 16.5. The van der Waals surface area contributed by atoms with Gasteiger partial charge in [-0.05, 0) is 37.5 Å². The second-order valence-corrected chi connectivity index (χ2v) is 6.03. The summed E-state index contributed by atoms with van der Waals surface area (Å²) in [5.41, 5.74) is -1.51. The van der Waals surface area contributed by atoms with Crippen LogP contribution in [0.25, 0.3) is 0 Å². The normalized spacial score (nSPS) is 37.2. The Labute approximate surface area is 104 Å². The molecule has 0 heterocycles. The van der Waals surface area contributed by atoms with E-state index in [1.807, 2.05) is 0 Å². The fraction of sp³-hybridized carbons (Fsp3) is 0.929. The number of rotatable bonds is 4. The fourth-order valence-electron chi connectivity index (χ4n) is 3.57. The molecule has 2 fully saturated rings. The maximum atomic E-state index is 11.0. The number of nitriles is 1. The predicted octanol–water partition coefficient (Wildman–Crippen LogP) is 2.49. The summed E-state index contributed by atoms with van der Waals surface area (Å²) in [5, 5.41) is 20.6. The molecule has 0 saturated heterocycles. The summed E-state index contributed by atoms with van der Waals surface area (Å²) in [6, 6.07) is 2.46. The zero-order chi connectivity index (χ0) is 12.5. The van der Waals surface area contributed by atoms with Gasteiger partial charge in [-0.25, -0.2) is 0 Å².